The van der Waals surface area contributed by atoms with E-state index in [1.807, 2.05) is 0 Å². The number of aromatic carboxylic acids is 1. The molecule has 3 N–H and O–H groups in total. The molecule has 0 saturated heterocycles. The smallest absolute Gasteiger partial charge is 0.339 e. The van der Waals surface area contributed by atoms with Gasteiger partial charge in [0.2, 0.25) is 10.0 Å². The highest BCUT2D eigenvalue weighted by Gasteiger charge is 2.21. The van der Waals surface area contributed by atoms with E-state index < -0.39 is 27.3 Å². The maximum atomic E-state index is 12.0. The van der Waals surface area contributed by atoms with Crippen molar-refractivity contribution < 1.29 is 23.4 Å². The number of rotatable bonds is 6. The van der Waals surface area contributed by atoms with Crippen molar-refractivity contribution in [3.63, 3.8) is 0 Å². The molecule has 7 heteroatoms. The fourth-order valence-electron chi connectivity index (χ4n) is 2.12. The molecule has 110 valence electrons. The molecule has 1 aliphatic carbocycles. The molecular weight excluding hydrogens is 282 g/mol. The van der Waals surface area contributed by atoms with Crippen LogP contribution in [-0.2, 0) is 10.0 Å². The lowest BCUT2D eigenvalue weighted by molar-refractivity contribution is 0.0693. The molecule has 6 nitrogen and oxygen atoms in total. The minimum atomic E-state index is -3.74. The Kier molecular flexibility index (Phi) is 4.29. The number of carbonyl (C=O) groups is 1. The third-order valence-corrected chi connectivity index (χ3v) is 5.04. The predicted molar refractivity (Wildman–Crippen MR) is 72.2 cm³/mol. The third-order valence-electron chi connectivity index (χ3n) is 3.58. The van der Waals surface area contributed by atoms with Crippen LogP contribution in [0.4, 0.5) is 0 Å². The van der Waals surface area contributed by atoms with Crippen LogP contribution < -0.4 is 4.72 Å². The van der Waals surface area contributed by atoms with Gasteiger partial charge in [-0.1, -0.05) is 19.3 Å². The average molecular weight is 299 g/mol. The SMILES string of the molecule is O=C(O)c1cc(S(=O)(=O)NCCC2CCC2)ccc1O. The van der Waals surface area contributed by atoms with Crippen LogP contribution >= 0.6 is 0 Å². The minimum Gasteiger partial charge on any atom is -0.507 e. The predicted octanol–water partition coefficient (Wildman–Crippen LogP) is 1.56. The second-order valence-electron chi connectivity index (χ2n) is 4.97. The monoisotopic (exact) mass is 299 g/mol. The molecule has 0 atom stereocenters. The number of sulfonamides is 1. The molecule has 0 spiro atoms. The van der Waals surface area contributed by atoms with Gasteiger partial charge in [-0.3, -0.25) is 0 Å². The summed E-state index contributed by atoms with van der Waals surface area (Å²) in [4.78, 5) is 10.7. The summed E-state index contributed by atoms with van der Waals surface area (Å²) in [7, 11) is -3.74. The Balaban J connectivity index is 2.08. The lowest BCUT2D eigenvalue weighted by Gasteiger charge is -2.25. The highest BCUT2D eigenvalue weighted by atomic mass is 32.2. The molecule has 0 unspecified atom stereocenters. The Morgan fingerprint density at radius 3 is 2.60 bits per heavy atom. The molecule has 0 aromatic heterocycles. The van der Waals surface area contributed by atoms with Crippen molar-refractivity contribution in [2.24, 2.45) is 5.92 Å². The Bertz CT molecular complexity index is 607. The molecule has 1 aromatic rings. The number of hydrogen-bond donors (Lipinski definition) is 3. The lowest BCUT2D eigenvalue weighted by Crippen LogP contribution is -2.27. The van der Waals surface area contributed by atoms with Gasteiger partial charge in [0.05, 0.1) is 4.90 Å². The first kappa shape index (κ1) is 14.8. The fraction of sp³-hybridized carbons (Fsp3) is 0.462. The summed E-state index contributed by atoms with van der Waals surface area (Å²) in [5.41, 5.74) is -0.424. The van der Waals surface area contributed by atoms with Crippen LogP contribution in [-0.4, -0.2) is 31.1 Å². The molecular formula is C13H17NO5S. The van der Waals surface area contributed by atoms with Gasteiger partial charge in [0, 0.05) is 6.54 Å². The Labute approximate surface area is 117 Å². The zero-order chi connectivity index (χ0) is 14.8. The van der Waals surface area contributed by atoms with Crippen molar-refractivity contribution in [1.29, 1.82) is 0 Å². The third kappa shape index (κ3) is 3.29. The summed E-state index contributed by atoms with van der Waals surface area (Å²) >= 11 is 0. The van der Waals surface area contributed by atoms with Crippen LogP contribution in [0, 0.1) is 5.92 Å². The summed E-state index contributed by atoms with van der Waals surface area (Å²) < 4.78 is 26.5. The largest absolute Gasteiger partial charge is 0.507 e. The molecule has 1 aromatic carbocycles. The summed E-state index contributed by atoms with van der Waals surface area (Å²) in [5, 5.41) is 18.2. The van der Waals surface area contributed by atoms with Gasteiger partial charge in [-0.05, 0) is 30.5 Å². The van der Waals surface area contributed by atoms with Gasteiger partial charge in [0.1, 0.15) is 11.3 Å². The number of phenols is 1. The highest BCUT2D eigenvalue weighted by molar-refractivity contribution is 7.89. The zero-order valence-electron chi connectivity index (χ0n) is 10.9. The van der Waals surface area contributed by atoms with Crippen molar-refractivity contribution >= 4 is 16.0 Å². The Morgan fingerprint density at radius 2 is 2.05 bits per heavy atom. The number of aromatic hydroxyl groups is 1. The lowest BCUT2D eigenvalue weighted by atomic mass is 9.83. The van der Waals surface area contributed by atoms with E-state index in [2.05, 4.69) is 4.72 Å². The zero-order valence-corrected chi connectivity index (χ0v) is 11.7. The maximum Gasteiger partial charge on any atom is 0.339 e. The fourth-order valence-corrected chi connectivity index (χ4v) is 3.19. The average Bonchev–Trinajstić information content (AvgIpc) is 2.32. The first-order valence-corrected chi connectivity index (χ1v) is 7.94. The maximum absolute atomic E-state index is 12.0. The molecule has 0 aliphatic heterocycles. The second kappa shape index (κ2) is 5.80. The van der Waals surface area contributed by atoms with Crippen molar-refractivity contribution in [3.8, 4) is 5.75 Å². The van der Waals surface area contributed by atoms with Crippen molar-refractivity contribution in [2.75, 3.05) is 6.54 Å². The van der Waals surface area contributed by atoms with Crippen LogP contribution in [0.5, 0.6) is 5.75 Å². The number of nitrogens with one attached hydrogen (secondary N) is 1. The van der Waals surface area contributed by atoms with E-state index in [0.29, 0.717) is 12.5 Å². The molecule has 0 heterocycles. The normalized spacial score (nSPS) is 15.8. The summed E-state index contributed by atoms with van der Waals surface area (Å²) in [6.07, 6.45) is 4.29. The van der Waals surface area contributed by atoms with Crippen LogP contribution in [0.3, 0.4) is 0 Å². The second-order valence-corrected chi connectivity index (χ2v) is 6.73. The Morgan fingerprint density at radius 1 is 1.35 bits per heavy atom. The number of benzene rings is 1. The van der Waals surface area contributed by atoms with Gasteiger partial charge in [-0.2, -0.15) is 0 Å². The van der Waals surface area contributed by atoms with Gasteiger partial charge < -0.3 is 10.2 Å². The Hall–Kier alpha value is -1.60. The molecule has 0 bridgehead atoms. The van der Waals surface area contributed by atoms with Crippen LogP contribution in [0.1, 0.15) is 36.0 Å². The molecule has 1 saturated carbocycles. The van der Waals surface area contributed by atoms with Gasteiger partial charge in [-0.15, -0.1) is 0 Å². The molecule has 1 aliphatic rings. The summed E-state index contributed by atoms with van der Waals surface area (Å²) in [6.45, 7) is 0.344. The van der Waals surface area contributed by atoms with Crippen LogP contribution in [0.2, 0.25) is 0 Å². The molecule has 0 radical (unpaired) electrons. The van der Waals surface area contributed by atoms with E-state index in [-0.39, 0.29) is 4.90 Å². The van der Waals surface area contributed by atoms with Crippen LogP contribution in [0.25, 0.3) is 0 Å². The summed E-state index contributed by atoms with van der Waals surface area (Å²) in [5.74, 6) is -1.23. The minimum absolute atomic E-state index is 0.152. The van der Waals surface area contributed by atoms with E-state index in [4.69, 9.17) is 5.11 Å². The van der Waals surface area contributed by atoms with Gasteiger partial charge in [0.25, 0.3) is 0 Å². The van der Waals surface area contributed by atoms with Crippen molar-refractivity contribution in [2.45, 2.75) is 30.6 Å². The van der Waals surface area contributed by atoms with E-state index >= 15 is 0 Å². The van der Waals surface area contributed by atoms with Gasteiger partial charge in [0.15, 0.2) is 0 Å². The first-order valence-electron chi connectivity index (χ1n) is 6.46. The molecule has 20 heavy (non-hydrogen) atoms. The van der Waals surface area contributed by atoms with Gasteiger partial charge >= 0.3 is 5.97 Å². The quantitative estimate of drug-likeness (QED) is 0.739. The number of carboxylic acids is 1. The standard InChI is InChI=1S/C13H17NO5S/c15-12-5-4-10(8-11(12)13(16)17)20(18,19)14-7-6-9-2-1-3-9/h4-5,8-9,14-15H,1-3,6-7H2,(H,16,17). The van der Waals surface area contributed by atoms with E-state index in [0.717, 1.165) is 31.4 Å². The van der Waals surface area contributed by atoms with Crippen molar-refractivity contribution in [1.82, 2.24) is 4.72 Å². The van der Waals surface area contributed by atoms with E-state index in [1.165, 1.54) is 12.5 Å². The van der Waals surface area contributed by atoms with Crippen molar-refractivity contribution in [3.05, 3.63) is 23.8 Å². The number of hydrogen-bond acceptors (Lipinski definition) is 4. The van der Waals surface area contributed by atoms with Crippen LogP contribution in [0.15, 0.2) is 23.1 Å². The topological polar surface area (TPSA) is 104 Å². The van der Waals surface area contributed by atoms with Gasteiger partial charge in [-0.25, -0.2) is 17.9 Å². The molecule has 1 fully saturated rings. The highest BCUT2D eigenvalue weighted by Crippen LogP contribution is 2.29. The van der Waals surface area contributed by atoms with E-state index in [1.54, 1.807) is 0 Å². The summed E-state index contributed by atoms with van der Waals surface area (Å²) in [6, 6.07) is 3.22. The van der Waals surface area contributed by atoms with E-state index in [9.17, 15) is 18.3 Å². The number of carboxylic acid groups (broad SMARTS) is 1. The molecule has 0 amide bonds. The molecule has 2 rings (SSSR count). The first-order chi connectivity index (χ1) is 9.40.